The lowest BCUT2D eigenvalue weighted by Gasteiger charge is -2.21. The average Bonchev–Trinajstić information content (AvgIpc) is 3.38. The van der Waals surface area contributed by atoms with Crippen LogP contribution in [0.15, 0.2) is 24.5 Å². The number of thiazole rings is 1. The van der Waals surface area contributed by atoms with Crippen LogP contribution in [0.4, 0.5) is 10.2 Å². The van der Waals surface area contributed by atoms with Crippen LogP contribution in [0.3, 0.4) is 0 Å². The Kier molecular flexibility index (Phi) is 5.86. The highest BCUT2D eigenvalue weighted by Crippen LogP contribution is 2.41. The van der Waals surface area contributed by atoms with Crippen LogP contribution in [0.2, 0.25) is 0 Å². The van der Waals surface area contributed by atoms with Crippen molar-refractivity contribution in [3.63, 3.8) is 0 Å². The van der Waals surface area contributed by atoms with Crippen LogP contribution in [-0.2, 0) is 18.3 Å². The third kappa shape index (κ3) is 3.80. The van der Waals surface area contributed by atoms with Gasteiger partial charge >= 0.3 is 0 Å². The smallest absolute Gasteiger partial charge is 0.144 e. The number of ether oxygens (including phenoxy) is 1. The number of nitrogens with one attached hydrogen (secondary N) is 1. The van der Waals surface area contributed by atoms with Crippen molar-refractivity contribution < 1.29 is 9.13 Å². The summed E-state index contributed by atoms with van der Waals surface area (Å²) in [6.45, 7) is 4.11. The van der Waals surface area contributed by atoms with E-state index in [9.17, 15) is 0 Å². The minimum atomic E-state index is -0.390. The maximum absolute atomic E-state index is 15.8. The molecular formula is C24H27FN6OS. The van der Waals surface area contributed by atoms with Crippen molar-refractivity contribution in [3.8, 4) is 21.8 Å². The highest BCUT2D eigenvalue weighted by Gasteiger charge is 2.25. The van der Waals surface area contributed by atoms with Gasteiger partial charge < -0.3 is 20.4 Å². The fourth-order valence-electron chi connectivity index (χ4n) is 4.49. The SMILES string of the molecule is CNCc1nc(-c2cnc(N)c3c(F)c(-c4cnc(C)n4C)ccc23)sc1C1CCOCC1. The summed E-state index contributed by atoms with van der Waals surface area (Å²) in [6.07, 6.45) is 5.36. The van der Waals surface area contributed by atoms with E-state index in [0.717, 1.165) is 48.1 Å². The molecule has 172 valence electrons. The predicted molar refractivity (Wildman–Crippen MR) is 130 cm³/mol. The summed E-state index contributed by atoms with van der Waals surface area (Å²) < 4.78 is 23.2. The first-order valence-electron chi connectivity index (χ1n) is 11.1. The molecular weight excluding hydrogens is 439 g/mol. The Labute approximate surface area is 195 Å². The second kappa shape index (κ2) is 8.81. The molecule has 0 spiro atoms. The molecule has 9 heteroatoms. The zero-order chi connectivity index (χ0) is 23.1. The van der Waals surface area contributed by atoms with E-state index in [-0.39, 0.29) is 11.6 Å². The van der Waals surface area contributed by atoms with Gasteiger partial charge in [0.2, 0.25) is 0 Å². The Morgan fingerprint density at radius 2 is 2.00 bits per heavy atom. The van der Waals surface area contributed by atoms with Gasteiger partial charge in [-0.05, 0) is 38.8 Å². The summed E-state index contributed by atoms with van der Waals surface area (Å²) in [5.41, 5.74) is 9.17. The normalized spacial score (nSPS) is 14.9. The molecule has 3 aromatic heterocycles. The number of imidazole rings is 1. The minimum absolute atomic E-state index is 0.170. The van der Waals surface area contributed by atoms with Gasteiger partial charge in [0.15, 0.2) is 0 Å². The van der Waals surface area contributed by atoms with E-state index < -0.39 is 0 Å². The number of nitrogen functional groups attached to an aromatic ring is 1. The van der Waals surface area contributed by atoms with Crippen LogP contribution in [0.5, 0.6) is 0 Å². The minimum Gasteiger partial charge on any atom is -0.383 e. The van der Waals surface area contributed by atoms with Crippen LogP contribution in [0.25, 0.3) is 32.6 Å². The Morgan fingerprint density at radius 3 is 2.70 bits per heavy atom. The average molecular weight is 467 g/mol. The number of pyridine rings is 1. The number of nitrogens with zero attached hydrogens (tertiary/aromatic N) is 4. The van der Waals surface area contributed by atoms with E-state index in [1.165, 1.54) is 4.88 Å². The largest absolute Gasteiger partial charge is 0.383 e. The van der Waals surface area contributed by atoms with Gasteiger partial charge in [0.05, 0.1) is 23.0 Å². The highest BCUT2D eigenvalue weighted by molar-refractivity contribution is 7.15. The predicted octanol–water partition coefficient (Wildman–Crippen LogP) is 4.40. The molecule has 1 aliphatic rings. The number of rotatable bonds is 5. The molecule has 0 atom stereocenters. The van der Waals surface area contributed by atoms with Gasteiger partial charge in [-0.15, -0.1) is 11.3 Å². The van der Waals surface area contributed by atoms with Crippen LogP contribution >= 0.6 is 11.3 Å². The van der Waals surface area contributed by atoms with Gasteiger partial charge in [0.25, 0.3) is 0 Å². The third-order valence-electron chi connectivity index (χ3n) is 6.41. The Bertz CT molecular complexity index is 1320. The fraction of sp³-hybridized carbons (Fsp3) is 0.375. The second-order valence-corrected chi connectivity index (χ2v) is 9.43. The molecule has 7 nitrogen and oxygen atoms in total. The second-order valence-electron chi connectivity index (χ2n) is 8.40. The Balaban J connectivity index is 1.66. The molecule has 1 fully saturated rings. The molecule has 5 rings (SSSR count). The fourth-order valence-corrected chi connectivity index (χ4v) is 5.77. The number of aromatic nitrogens is 4. The van der Waals surface area contributed by atoms with Crippen molar-refractivity contribution in [2.45, 2.75) is 32.2 Å². The number of aryl methyl sites for hydroxylation is 1. The molecule has 0 amide bonds. The maximum atomic E-state index is 15.8. The molecule has 0 unspecified atom stereocenters. The van der Waals surface area contributed by atoms with Crippen molar-refractivity contribution in [3.05, 3.63) is 46.7 Å². The molecule has 1 saturated heterocycles. The number of benzene rings is 1. The number of halogens is 1. The van der Waals surface area contributed by atoms with Crippen LogP contribution in [0.1, 0.15) is 35.2 Å². The molecule has 1 aliphatic heterocycles. The molecule has 4 aromatic rings. The molecule has 0 bridgehead atoms. The molecule has 0 aliphatic carbocycles. The van der Waals surface area contributed by atoms with E-state index in [1.807, 2.05) is 31.7 Å². The molecule has 33 heavy (non-hydrogen) atoms. The summed E-state index contributed by atoms with van der Waals surface area (Å²) in [6, 6.07) is 3.70. The zero-order valence-electron chi connectivity index (χ0n) is 19.0. The van der Waals surface area contributed by atoms with E-state index in [4.69, 9.17) is 15.5 Å². The maximum Gasteiger partial charge on any atom is 0.144 e. The summed E-state index contributed by atoms with van der Waals surface area (Å²) in [4.78, 5) is 14.9. The standard InChI is InChI=1S/C24H27FN6OS/c1-13-28-12-19(31(13)3)16-5-4-15-17(10-29-23(26)20(15)21(16)25)24-30-18(11-27-2)22(33-24)14-6-8-32-9-7-14/h4-5,10,12,14,27H,6-9,11H2,1-3H3,(H2,26,29). The molecule has 4 heterocycles. The monoisotopic (exact) mass is 466 g/mol. The highest BCUT2D eigenvalue weighted by atomic mass is 32.1. The van der Waals surface area contributed by atoms with E-state index >= 15 is 4.39 Å². The number of anilines is 1. The van der Waals surface area contributed by atoms with Crippen LogP contribution in [0, 0.1) is 12.7 Å². The topological polar surface area (TPSA) is 90.9 Å². The summed E-state index contributed by atoms with van der Waals surface area (Å²) in [7, 11) is 3.79. The summed E-state index contributed by atoms with van der Waals surface area (Å²) in [5.74, 6) is 1.02. The molecule has 1 aromatic carbocycles. The number of hydrogen-bond acceptors (Lipinski definition) is 7. The van der Waals surface area contributed by atoms with Crippen LogP contribution in [-0.4, -0.2) is 39.8 Å². The molecule has 3 N–H and O–H groups in total. The molecule has 0 saturated carbocycles. The van der Waals surface area contributed by atoms with Crippen molar-refractivity contribution in [2.24, 2.45) is 7.05 Å². The lowest BCUT2D eigenvalue weighted by atomic mass is 9.97. The quantitative estimate of drug-likeness (QED) is 0.453. The Morgan fingerprint density at radius 1 is 1.21 bits per heavy atom. The number of hydrogen-bond donors (Lipinski definition) is 2. The third-order valence-corrected chi connectivity index (χ3v) is 7.71. The van der Waals surface area contributed by atoms with E-state index in [2.05, 4.69) is 15.3 Å². The van der Waals surface area contributed by atoms with Crippen molar-refractivity contribution in [1.82, 2.24) is 24.8 Å². The van der Waals surface area contributed by atoms with Crippen molar-refractivity contribution in [1.29, 1.82) is 0 Å². The van der Waals surface area contributed by atoms with Crippen LogP contribution < -0.4 is 11.1 Å². The lowest BCUT2D eigenvalue weighted by Crippen LogP contribution is -2.16. The van der Waals surface area contributed by atoms with Gasteiger partial charge in [-0.2, -0.15) is 0 Å². The van der Waals surface area contributed by atoms with Crippen molar-refractivity contribution >= 4 is 27.9 Å². The molecule has 0 radical (unpaired) electrons. The van der Waals surface area contributed by atoms with E-state index in [0.29, 0.717) is 34.5 Å². The number of fused-ring (bicyclic) bond motifs is 1. The van der Waals surface area contributed by atoms with Gasteiger partial charge in [0.1, 0.15) is 22.5 Å². The first-order valence-corrected chi connectivity index (χ1v) is 11.9. The van der Waals surface area contributed by atoms with Gasteiger partial charge in [0, 0.05) is 54.4 Å². The summed E-state index contributed by atoms with van der Waals surface area (Å²) in [5, 5.41) is 5.10. The van der Waals surface area contributed by atoms with E-state index in [1.54, 1.807) is 29.8 Å². The first kappa shape index (κ1) is 21.9. The Hall–Kier alpha value is -2.88. The van der Waals surface area contributed by atoms with Crippen molar-refractivity contribution in [2.75, 3.05) is 26.0 Å². The van der Waals surface area contributed by atoms with Gasteiger partial charge in [-0.3, -0.25) is 0 Å². The first-order chi connectivity index (χ1) is 16.0. The van der Waals surface area contributed by atoms with Gasteiger partial charge in [-0.1, -0.05) is 6.07 Å². The number of nitrogens with two attached hydrogens (primary N) is 1. The lowest BCUT2D eigenvalue weighted by molar-refractivity contribution is 0.0858. The van der Waals surface area contributed by atoms with Gasteiger partial charge in [-0.25, -0.2) is 19.3 Å². The zero-order valence-corrected chi connectivity index (χ0v) is 19.8. The summed E-state index contributed by atoms with van der Waals surface area (Å²) >= 11 is 1.67.